The summed E-state index contributed by atoms with van der Waals surface area (Å²) >= 11 is 0. The van der Waals surface area contributed by atoms with Gasteiger partial charge in [-0.2, -0.15) is 0 Å². The zero-order chi connectivity index (χ0) is 15.9. The van der Waals surface area contributed by atoms with Gasteiger partial charge < -0.3 is 14.8 Å². The fraction of sp³-hybridized carbons (Fsp3) is 0.333. The molecule has 118 valence electrons. The van der Waals surface area contributed by atoms with Crippen molar-refractivity contribution in [2.75, 3.05) is 19.0 Å². The predicted molar refractivity (Wildman–Crippen MR) is 87.1 cm³/mol. The van der Waals surface area contributed by atoms with Crippen molar-refractivity contribution < 1.29 is 13.9 Å². The Morgan fingerprint density at radius 1 is 1.09 bits per heavy atom. The minimum atomic E-state index is -0.268. The number of anilines is 1. The highest BCUT2D eigenvalue weighted by molar-refractivity contribution is 5.50. The Hall–Kier alpha value is -2.23. The first kappa shape index (κ1) is 16.1. The van der Waals surface area contributed by atoms with Gasteiger partial charge in [0.2, 0.25) is 0 Å². The van der Waals surface area contributed by atoms with Crippen molar-refractivity contribution in [3.63, 3.8) is 0 Å². The maximum Gasteiger partial charge on any atom is 0.166 e. The first-order valence-corrected chi connectivity index (χ1v) is 7.39. The minimum absolute atomic E-state index is 0.268. The molecule has 0 spiro atoms. The number of para-hydroxylation sites is 2. The molecule has 2 aromatic rings. The molecule has 0 atom stereocenters. The Kier molecular flexibility index (Phi) is 5.64. The van der Waals surface area contributed by atoms with E-state index >= 15 is 0 Å². The molecule has 0 unspecified atom stereocenters. The Balaban J connectivity index is 2.17. The monoisotopic (exact) mass is 303 g/mol. The smallest absolute Gasteiger partial charge is 0.166 e. The molecule has 0 amide bonds. The summed E-state index contributed by atoms with van der Waals surface area (Å²) in [6.45, 7) is 5.25. The highest BCUT2D eigenvalue weighted by atomic mass is 19.1. The van der Waals surface area contributed by atoms with Gasteiger partial charge in [0.1, 0.15) is 5.82 Å². The molecular formula is C18H22FNO2. The van der Waals surface area contributed by atoms with Gasteiger partial charge in [-0.25, -0.2) is 4.39 Å². The first-order valence-electron chi connectivity index (χ1n) is 7.39. The molecule has 2 aromatic carbocycles. The van der Waals surface area contributed by atoms with E-state index in [1.807, 2.05) is 18.2 Å². The summed E-state index contributed by atoms with van der Waals surface area (Å²) in [5.74, 6) is 1.54. The SMILES string of the molecule is COc1cccc(CNc2ccccc2F)c1OCC(C)C. The highest BCUT2D eigenvalue weighted by Crippen LogP contribution is 2.32. The van der Waals surface area contributed by atoms with Crippen LogP contribution >= 0.6 is 0 Å². The van der Waals surface area contributed by atoms with Gasteiger partial charge in [0.15, 0.2) is 11.5 Å². The molecule has 0 aliphatic carbocycles. The van der Waals surface area contributed by atoms with Crippen LogP contribution in [0.25, 0.3) is 0 Å². The van der Waals surface area contributed by atoms with Gasteiger partial charge in [0.05, 0.1) is 19.4 Å². The Morgan fingerprint density at radius 3 is 2.55 bits per heavy atom. The lowest BCUT2D eigenvalue weighted by atomic mass is 10.1. The van der Waals surface area contributed by atoms with Crippen molar-refractivity contribution in [1.82, 2.24) is 0 Å². The first-order chi connectivity index (χ1) is 10.6. The van der Waals surface area contributed by atoms with Gasteiger partial charge >= 0.3 is 0 Å². The number of rotatable bonds is 7. The molecule has 0 aliphatic rings. The van der Waals surface area contributed by atoms with Gasteiger partial charge in [-0.1, -0.05) is 38.1 Å². The van der Waals surface area contributed by atoms with Crippen LogP contribution in [0.3, 0.4) is 0 Å². The number of hydrogen-bond acceptors (Lipinski definition) is 3. The minimum Gasteiger partial charge on any atom is -0.493 e. The normalized spacial score (nSPS) is 10.6. The summed E-state index contributed by atoms with van der Waals surface area (Å²) in [6.07, 6.45) is 0. The molecule has 0 heterocycles. The van der Waals surface area contributed by atoms with Crippen LogP contribution in [0.15, 0.2) is 42.5 Å². The van der Waals surface area contributed by atoms with Crippen LogP contribution in [0.5, 0.6) is 11.5 Å². The fourth-order valence-corrected chi connectivity index (χ4v) is 2.07. The highest BCUT2D eigenvalue weighted by Gasteiger charge is 2.12. The second-order valence-corrected chi connectivity index (χ2v) is 5.49. The number of nitrogens with one attached hydrogen (secondary N) is 1. The lowest BCUT2D eigenvalue weighted by molar-refractivity contribution is 0.254. The molecule has 0 saturated carbocycles. The van der Waals surface area contributed by atoms with Crippen LogP contribution < -0.4 is 14.8 Å². The standard InChI is InChI=1S/C18H22FNO2/c1-13(2)12-22-18-14(7-6-10-17(18)21-3)11-20-16-9-5-4-8-15(16)19/h4-10,13,20H,11-12H2,1-3H3. The summed E-state index contributed by atoms with van der Waals surface area (Å²) in [7, 11) is 1.62. The molecule has 0 aromatic heterocycles. The van der Waals surface area contributed by atoms with Gasteiger partial charge in [-0.3, -0.25) is 0 Å². The van der Waals surface area contributed by atoms with Crippen LogP contribution in [0, 0.1) is 11.7 Å². The summed E-state index contributed by atoms with van der Waals surface area (Å²) in [4.78, 5) is 0. The van der Waals surface area contributed by atoms with Crippen molar-refractivity contribution in [2.45, 2.75) is 20.4 Å². The van der Waals surface area contributed by atoms with Crippen molar-refractivity contribution in [1.29, 1.82) is 0 Å². The predicted octanol–water partition coefficient (Wildman–Crippen LogP) is 4.48. The Bertz CT molecular complexity index is 614. The van der Waals surface area contributed by atoms with E-state index in [2.05, 4.69) is 19.2 Å². The second kappa shape index (κ2) is 7.69. The molecule has 0 bridgehead atoms. The maximum atomic E-state index is 13.7. The summed E-state index contributed by atoms with van der Waals surface area (Å²) in [6, 6.07) is 12.3. The zero-order valence-electron chi connectivity index (χ0n) is 13.2. The van der Waals surface area contributed by atoms with E-state index in [9.17, 15) is 4.39 Å². The van der Waals surface area contributed by atoms with E-state index in [0.717, 1.165) is 5.56 Å². The Morgan fingerprint density at radius 2 is 1.86 bits per heavy atom. The van der Waals surface area contributed by atoms with Crippen LogP contribution in [0.1, 0.15) is 19.4 Å². The van der Waals surface area contributed by atoms with Crippen molar-refractivity contribution in [2.24, 2.45) is 5.92 Å². The average Bonchev–Trinajstić information content (AvgIpc) is 2.52. The fourth-order valence-electron chi connectivity index (χ4n) is 2.07. The van der Waals surface area contributed by atoms with Gasteiger partial charge in [-0.05, 0) is 24.1 Å². The van der Waals surface area contributed by atoms with Gasteiger partial charge in [-0.15, -0.1) is 0 Å². The number of methoxy groups -OCH3 is 1. The molecule has 3 nitrogen and oxygen atoms in total. The van der Waals surface area contributed by atoms with Gasteiger partial charge in [0, 0.05) is 12.1 Å². The average molecular weight is 303 g/mol. The summed E-state index contributed by atoms with van der Waals surface area (Å²) in [5, 5.41) is 3.10. The summed E-state index contributed by atoms with van der Waals surface area (Å²) in [5.41, 5.74) is 1.41. The molecule has 0 aliphatic heterocycles. The topological polar surface area (TPSA) is 30.5 Å². The van der Waals surface area contributed by atoms with E-state index in [1.165, 1.54) is 6.07 Å². The van der Waals surface area contributed by atoms with E-state index < -0.39 is 0 Å². The van der Waals surface area contributed by atoms with Crippen molar-refractivity contribution in [3.05, 3.63) is 53.8 Å². The largest absolute Gasteiger partial charge is 0.493 e. The molecule has 2 rings (SSSR count). The third-order valence-corrected chi connectivity index (χ3v) is 3.18. The Labute approximate surface area is 131 Å². The summed E-state index contributed by atoms with van der Waals surface area (Å²) < 4.78 is 24.9. The maximum absolute atomic E-state index is 13.7. The third-order valence-electron chi connectivity index (χ3n) is 3.18. The number of hydrogen-bond donors (Lipinski definition) is 1. The van der Waals surface area contributed by atoms with Crippen molar-refractivity contribution in [3.8, 4) is 11.5 Å². The quantitative estimate of drug-likeness (QED) is 0.818. The number of benzene rings is 2. The second-order valence-electron chi connectivity index (χ2n) is 5.49. The third kappa shape index (κ3) is 4.13. The number of ether oxygens (including phenoxy) is 2. The zero-order valence-corrected chi connectivity index (χ0v) is 13.2. The molecule has 0 radical (unpaired) electrons. The molecular weight excluding hydrogens is 281 g/mol. The van der Waals surface area contributed by atoms with E-state index in [-0.39, 0.29) is 5.82 Å². The molecule has 22 heavy (non-hydrogen) atoms. The van der Waals surface area contributed by atoms with Crippen LogP contribution in [-0.4, -0.2) is 13.7 Å². The van der Waals surface area contributed by atoms with E-state index in [4.69, 9.17) is 9.47 Å². The van der Waals surface area contributed by atoms with Gasteiger partial charge in [0.25, 0.3) is 0 Å². The lowest BCUT2D eigenvalue weighted by Crippen LogP contribution is -2.09. The van der Waals surface area contributed by atoms with Crippen LogP contribution in [0.4, 0.5) is 10.1 Å². The van der Waals surface area contributed by atoms with Crippen LogP contribution in [0.2, 0.25) is 0 Å². The lowest BCUT2D eigenvalue weighted by Gasteiger charge is -2.17. The molecule has 4 heteroatoms. The molecule has 0 fully saturated rings. The van der Waals surface area contributed by atoms with Crippen LogP contribution in [-0.2, 0) is 6.54 Å². The number of halogens is 1. The molecule has 0 saturated heterocycles. The molecule has 1 N–H and O–H groups in total. The van der Waals surface area contributed by atoms with E-state index in [1.54, 1.807) is 25.3 Å². The van der Waals surface area contributed by atoms with Crippen molar-refractivity contribution >= 4 is 5.69 Å². The van der Waals surface area contributed by atoms with E-state index in [0.29, 0.717) is 36.3 Å².